The fourth-order valence-corrected chi connectivity index (χ4v) is 3.79. The van der Waals surface area contributed by atoms with E-state index in [0.29, 0.717) is 17.5 Å². The van der Waals surface area contributed by atoms with Gasteiger partial charge < -0.3 is 0 Å². The van der Waals surface area contributed by atoms with Crippen molar-refractivity contribution in [1.29, 1.82) is 0 Å². The van der Waals surface area contributed by atoms with Crippen LogP contribution in [0.25, 0.3) is 0 Å². The second-order valence-corrected chi connectivity index (χ2v) is 6.91. The molecule has 2 aliphatic heterocycles. The van der Waals surface area contributed by atoms with Crippen molar-refractivity contribution in [3.63, 3.8) is 0 Å². The molecule has 15 heavy (non-hydrogen) atoms. The number of hydrazine groups is 1. The Hall–Kier alpha value is -0.130. The number of rotatable bonds is 2. The number of nitrogens with zero attached hydrogens (tertiary/aromatic N) is 1. The Morgan fingerprint density at radius 1 is 1.00 bits per heavy atom. The zero-order valence-electron chi connectivity index (χ0n) is 9.11. The van der Waals surface area contributed by atoms with Crippen molar-refractivity contribution >= 4 is 9.84 Å². The molecule has 5 heteroatoms. The summed E-state index contributed by atoms with van der Waals surface area (Å²) in [6, 6.07) is 0.381. The van der Waals surface area contributed by atoms with Gasteiger partial charge in [-0.15, -0.1) is 0 Å². The molecule has 0 bridgehead atoms. The quantitative estimate of drug-likeness (QED) is 0.755. The van der Waals surface area contributed by atoms with Gasteiger partial charge in [-0.2, -0.15) is 0 Å². The van der Waals surface area contributed by atoms with Gasteiger partial charge in [-0.25, -0.2) is 13.4 Å². The molecular weight excluding hydrogens is 212 g/mol. The first-order chi connectivity index (χ1) is 7.16. The smallest absolute Gasteiger partial charge is 0.150 e. The van der Waals surface area contributed by atoms with Crippen molar-refractivity contribution in [2.24, 2.45) is 0 Å². The lowest BCUT2D eigenvalue weighted by Gasteiger charge is -2.33. The van der Waals surface area contributed by atoms with Crippen molar-refractivity contribution in [2.75, 3.05) is 24.6 Å². The Bertz CT molecular complexity index is 283. The van der Waals surface area contributed by atoms with Crippen LogP contribution >= 0.6 is 0 Å². The van der Waals surface area contributed by atoms with E-state index in [1.165, 1.54) is 19.3 Å². The summed E-state index contributed by atoms with van der Waals surface area (Å²) >= 11 is 0. The summed E-state index contributed by atoms with van der Waals surface area (Å²) in [6.45, 7) is 2.23. The molecule has 0 unspecified atom stereocenters. The number of piperidine rings is 1. The van der Waals surface area contributed by atoms with Crippen LogP contribution < -0.4 is 5.43 Å². The van der Waals surface area contributed by atoms with E-state index >= 15 is 0 Å². The van der Waals surface area contributed by atoms with Crippen LogP contribution in [0.4, 0.5) is 0 Å². The van der Waals surface area contributed by atoms with Gasteiger partial charge in [0.15, 0.2) is 0 Å². The molecule has 88 valence electrons. The van der Waals surface area contributed by atoms with E-state index in [4.69, 9.17) is 0 Å². The highest BCUT2D eigenvalue weighted by molar-refractivity contribution is 7.91. The van der Waals surface area contributed by atoms with Gasteiger partial charge >= 0.3 is 0 Å². The summed E-state index contributed by atoms with van der Waals surface area (Å²) in [6.07, 6.45) is 5.41. The molecule has 0 spiro atoms. The molecule has 0 aromatic carbocycles. The first-order valence-electron chi connectivity index (χ1n) is 5.87. The minimum Gasteiger partial charge on any atom is -0.252 e. The van der Waals surface area contributed by atoms with Gasteiger partial charge in [0.25, 0.3) is 0 Å². The fourth-order valence-electron chi connectivity index (χ4n) is 2.30. The Labute approximate surface area is 91.9 Å². The molecule has 0 saturated carbocycles. The monoisotopic (exact) mass is 232 g/mol. The van der Waals surface area contributed by atoms with Gasteiger partial charge in [0, 0.05) is 19.1 Å². The molecule has 0 aromatic rings. The van der Waals surface area contributed by atoms with Crippen LogP contribution in [0.1, 0.15) is 32.1 Å². The largest absolute Gasteiger partial charge is 0.252 e. The maximum absolute atomic E-state index is 11.2. The Morgan fingerprint density at radius 3 is 2.20 bits per heavy atom. The van der Waals surface area contributed by atoms with Crippen molar-refractivity contribution in [3.05, 3.63) is 0 Å². The molecule has 2 fully saturated rings. The molecular formula is C10H20N2O2S. The van der Waals surface area contributed by atoms with Crippen molar-refractivity contribution in [3.8, 4) is 0 Å². The molecule has 0 radical (unpaired) electrons. The van der Waals surface area contributed by atoms with Gasteiger partial charge in [0.05, 0.1) is 11.5 Å². The summed E-state index contributed by atoms with van der Waals surface area (Å²) in [5, 5.41) is 2.27. The topological polar surface area (TPSA) is 49.4 Å². The predicted molar refractivity (Wildman–Crippen MR) is 60.2 cm³/mol. The highest BCUT2D eigenvalue weighted by Crippen LogP contribution is 2.14. The Kier molecular flexibility index (Phi) is 3.64. The van der Waals surface area contributed by atoms with Crippen molar-refractivity contribution in [1.82, 2.24) is 10.4 Å². The Morgan fingerprint density at radius 2 is 1.60 bits per heavy atom. The minimum atomic E-state index is -2.72. The predicted octanol–water partition coefficient (Wildman–Crippen LogP) is 0.554. The van der Waals surface area contributed by atoms with Crippen LogP contribution in [0, 0.1) is 0 Å². The van der Waals surface area contributed by atoms with Crippen LogP contribution in [0.5, 0.6) is 0 Å². The van der Waals surface area contributed by atoms with E-state index in [1.807, 2.05) is 0 Å². The first-order valence-corrected chi connectivity index (χ1v) is 7.69. The molecule has 2 heterocycles. The van der Waals surface area contributed by atoms with E-state index < -0.39 is 9.84 Å². The van der Waals surface area contributed by atoms with Crippen LogP contribution in [0.3, 0.4) is 0 Å². The molecule has 2 saturated heterocycles. The van der Waals surface area contributed by atoms with Crippen LogP contribution in [0.15, 0.2) is 0 Å². The third-order valence-electron chi connectivity index (χ3n) is 3.28. The molecule has 0 atom stereocenters. The van der Waals surface area contributed by atoms with Gasteiger partial charge in [-0.3, -0.25) is 5.43 Å². The highest BCUT2D eigenvalue weighted by atomic mass is 32.2. The SMILES string of the molecule is O=S1(=O)CCC(NN2CCCCC2)CC1. The second kappa shape index (κ2) is 4.80. The average molecular weight is 232 g/mol. The zero-order chi connectivity index (χ0) is 10.7. The van der Waals surface area contributed by atoms with E-state index in [2.05, 4.69) is 10.4 Å². The number of sulfone groups is 1. The third-order valence-corrected chi connectivity index (χ3v) is 4.99. The number of hydrogen-bond donors (Lipinski definition) is 1. The summed E-state index contributed by atoms with van der Waals surface area (Å²) in [7, 11) is -2.72. The molecule has 0 aromatic heterocycles. The number of nitrogens with one attached hydrogen (secondary N) is 1. The maximum atomic E-state index is 11.2. The molecule has 0 amide bonds. The van der Waals surface area contributed by atoms with E-state index in [1.54, 1.807) is 0 Å². The molecule has 0 aliphatic carbocycles. The lowest BCUT2D eigenvalue weighted by molar-refractivity contribution is 0.124. The van der Waals surface area contributed by atoms with Crippen LogP contribution in [0.2, 0.25) is 0 Å². The van der Waals surface area contributed by atoms with Crippen molar-refractivity contribution < 1.29 is 8.42 Å². The standard InChI is InChI=1S/C10H20N2O2S/c13-15(14)8-4-10(5-9-15)11-12-6-2-1-3-7-12/h10-11H,1-9H2. The first kappa shape index (κ1) is 11.4. The van der Waals surface area contributed by atoms with Crippen LogP contribution in [-0.4, -0.2) is 44.1 Å². The normalized spacial score (nSPS) is 29.1. The van der Waals surface area contributed by atoms with Gasteiger partial charge in [0.2, 0.25) is 0 Å². The fraction of sp³-hybridized carbons (Fsp3) is 1.00. The third kappa shape index (κ3) is 3.43. The maximum Gasteiger partial charge on any atom is 0.150 e. The zero-order valence-corrected chi connectivity index (χ0v) is 9.93. The van der Waals surface area contributed by atoms with E-state index in [-0.39, 0.29) is 0 Å². The van der Waals surface area contributed by atoms with Crippen molar-refractivity contribution in [2.45, 2.75) is 38.1 Å². The van der Waals surface area contributed by atoms with E-state index in [0.717, 1.165) is 25.9 Å². The Balaban J connectivity index is 1.76. The summed E-state index contributed by atoms with van der Waals surface area (Å²) in [5.41, 5.74) is 3.46. The summed E-state index contributed by atoms with van der Waals surface area (Å²) < 4.78 is 22.5. The lowest BCUT2D eigenvalue weighted by Crippen LogP contribution is -2.49. The molecule has 2 rings (SSSR count). The minimum absolute atomic E-state index is 0.360. The second-order valence-electron chi connectivity index (χ2n) is 4.60. The lowest BCUT2D eigenvalue weighted by atomic mass is 10.1. The van der Waals surface area contributed by atoms with Gasteiger partial charge in [-0.1, -0.05) is 6.42 Å². The summed E-state index contributed by atoms with van der Waals surface area (Å²) in [4.78, 5) is 0. The average Bonchev–Trinajstić information content (AvgIpc) is 2.23. The highest BCUT2D eigenvalue weighted by Gasteiger charge is 2.24. The number of hydrogen-bond acceptors (Lipinski definition) is 4. The molecule has 2 aliphatic rings. The van der Waals surface area contributed by atoms with Crippen LogP contribution in [-0.2, 0) is 9.84 Å². The van der Waals surface area contributed by atoms with Gasteiger partial charge in [-0.05, 0) is 25.7 Å². The molecule has 1 N–H and O–H groups in total. The summed E-state index contributed by atoms with van der Waals surface area (Å²) in [5.74, 6) is 0.719. The molecule has 4 nitrogen and oxygen atoms in total. The van der Waals surface area contributed by atoms with Gasteiger partial charge in [0.1, 0.15) is 9.84 Å². The van der Waals surface area contributed by atoms with E-state index in [9.17, 15) is 8.42 Å².